The zero-order valence-corrected chi connectivity index (χ0v) is 15.7. The molecule has 0 fully saturated rings. The number of carbonyl (C=O) groups is 1. The Hall–Kier alpha value is -3.27. The fourth-order valence-electron chi connectivity index (χ4n) is 2.88. The third-order valence-corrected chi connectivity index (χ3v) is 5.29. The summed E-state index contributed by atoms with van der Waals surface area (Å²) in [6.07, 6.45) is 8.56. The minimum atomic E-state index is 0.567. The number of H-pyrrole nitrogens is 2. The molecule has 4 heterocycles. The number of aryl methyl sites for hydroxylation is 1. The summed E-state index contributed by atoms with van der Waals surface area (Å²) in [7, 11) is 3.72. The first-order valence-corrected chi connectivity index (χ1v) is 9.11. The molecule has 4 aromatic heterocycles. The van der Waals surface area contributed by atoms with Crippen molar-refractivity contribution in [3.05, 3.63) is 52.2 Å². The highest BCUT2D eigenvalue weighted by atomic mass is 32.1. The molecule has 0 radical (unpaired) electrons. The van der Waals surface area contributed by atoms with Crippen LogP contribution in [0.25, 0.3) is 10.3 Å². The lowest BCUT2D eigenvalue weighted by Gasteiger charge is -2.10. The van der Waals surface area contributed by atoms with Crippen LogP contribution in [0.5, 0.6) is 0 Å². The number of carbonyl (C=O) groups excluding carboxylic acids is 1. The van der Waals surface area contributed by atoms with Crippen molar-refractivity contribution in [3.63, 3.8) is 0 Å². The number of hydrazone groups is 1. The highest BCUT2D eigenvalue weighted by molar-refractivity contribution is 7.19. The van der Waals surface area contributed by atoms with Crippen LogP contribution in [-0.4, -0.2) is 54.5 Å². The fourth-order valence-corrected chi connectivity index (χ4v) is 4.02. The molecule has 0 bridgehead atoms. The van der Waals surface area contributed by atoms with Gasteiger partial charge in [-0.2, -0.15) is 15.3 Å². The number of hydrogen-bond donors (Lipinski definition) is 2. The van der Waals surface area contributed by atoms with E-state index in [2.05, 4.69) is 25.5 Å². The summed E-state index contributed by atoms with van der Waals surface area (Å²) < 4.78 is 2.77. The second-order valence-corrected chi connectivity index (χ2v) is 7.25. The molecule has 0 aliphatic carbocycles. The maximum absolute atomic E-state index is 11.6. The van der Waals surface area contributed by atoms with Crippen molar-refractivity contribution >= 4 is 34.2 Å². The quantitative estimate of drug-likeness (QED) is 0.289. The lowest BCUT2D eigenvalue weighted by Crippen LogP contribution is -2.10. The minimum Gasteiger partial charge on any atom is -0.325 e. The Kier molecular flexibility index (Phi) is 4.55. The van der Waals surface area contributed by atoms with Crippen LogP contribution >= 0.6 is 11.3 Å². The Morgan fingerprint density at radius 1 is 1.41 bits per heavy atom. The molecular formula is C17H18N8OS. The second-order valence-electron chi connectivity index (χ2n) is 6.16. The van der Waals surface area contributed by atoms with Crippen LogP contribution in [0.4, 0.5) is 0 Å². The molecule has 0 aliphatic rings. The van der Waals surface area contributed by atoms with E-state index in [-0.39, 0.29) is 0 Å². The summed E-state index contributed by atoms with van der Waals surface area (Å²) in [6, 6.07) is 1.93. The van der Waals surface area contributed by atoms with Gasteiger partial charge in [-0.05, 0) is 6.07 Å². The lowest BCUT2D eigenvalue weighted by molar-refractivity contribution is 0.111. The first-order valence-electron chi connectivity index (χ1n) is 8.30. The minimum absolute atomic E-state index is 0.567. The SMILES string of the molecule is CN(Cc1cn[nH]c1)/N=C\c1c(C=O)n(C)c2nc(Cc3ccn[nH]3)sc12. The van der Waals surface area contributed by atoms with Crippen molar-refractivity contribution in [2.45, 2.75) is 13.0 Å². The number of rotatable bonds is 7. The average molecular weight is 382 g/mol. The first-order chi connectivity index (χ1) is 13.2. The summed E-state index contributed by atoms with van der Waals surface area (Å²) in [6.45, 7) is 0.618. The van der Waals surface area contributed by atoms with Gasteiger partial charge in [-0.15, -0.1) is 11.3 Å². The predicted octanol–water partition coefficient (Wildman–Crippen LogP) is 1.95. The van der Waals surface area contributed by atoms with Crippen LogP contribution in [-0.2, 0) is 20.0 Å². The van der Waals surface area contributed by atoms with E-state index in [1.54, 1.807) is 35.0 Å². The van der Waals surface area contributed by atoms with Gasteiger partial charge < -0.3 is 4.57 Å². The molecule has 4 aromatic rings. The highest BCUT2D eigenvalue weighted by Gasteiger charge is 2.18. The molecule has 27 heavy (non-hydrogen) atoms. The van der Waals surface area contributed by atoms with Gasteiger partial charge in [-0.1, -0.05) is 0 Å². The molecule has 2 N–H and O–H groups in total. The van der Waals surface area contributed by atoms with Crippen molar-refractivity contribution in [1.29, 1.82) is 0 Å². The predicted molar refractivity (Wildman–Crippen MR) is 103 cm³/mol. The smallest absolute Gasteiger partial charge is 0.167 e. The summed E-state index contributed by atoms with van der Waals surface area (Å²) >= 11 is 1.57. The molecule has 10 heteroatoms. The molecule has 0 unspecified atom stereocenters. The molecule has 0 saturated carbocycles. The van der Waals surface area contributed by atoms with Gasteiger partial charge in [0, 0.05) is 49.7 Å². The van der Waals surface area contributed by atoms with Crippen molar-refractivity contribution in [2.75, 3.05) is 7.05 Å². The monoisotopic (exact) mass is 382 g/mol. The molecule has 0 spiro atoms. The average Bonchev–Trinajstić information content (AvgIpc) is 3.42. The standard InChI is InChI=1S/C17H18N8OS/c1-24(9-11-6-19-20-7-11)21-8-13-14(10-26)25(2)17-16(13)27-15(22-17)5-12-3-4-18-23-12/h3-4,6-8,10H,5,9H2,1-2H3,(H,18,23)(H,19,20)/b21-8-. The van der Waals surface area contributed by atoms with Gasteiger partial charge in [0.1, 0.15) is 5.01 Å². The summed E-state index contributed by atoms with van der Waals surface area (Å²) in [4.78, 5) is 16.3. The molecular weight excluding hydrogens is 364 g/mol. The van der Waals surface area contributed by atoms with Gasteiger partial charge >= 0.3 is 0 Å². The summed E-state index contributed by atoms with van der Waals surface area (Å²) in [5.74, 6) is 0. The van der Waals surface area contributed by atoms with Crippen molar-refractivity contribution in [3.8, 4) is 0 Å². The first kappa shape index (κ1) is 17.2. The Morgan fingerprint density at radius 3 is 3.00 bits per heavy atom. The van der Waals surface area contributed by atoms with E-state index in [0.29, 0.717) is 18.7 Å². The van der Waals surface area contributed by atoms with Gasteiger partial charge in [-0.25, -0.2) is 4.98 Å². The number of nitrogens with zero attached hydrogens (tertiary/aromatic N) is 6. The van der Waals surface area contributed by atoms with Gasteiger partial charge in [0.15, 0.2) is 11.9 Å². The maximum atomic E-state index is 11.6. The highest BCUT2D eigenvalue weighted by Crippen LogP contribution is 2.30. The number of aromatic amines is 2. The second kappa shape index (κ2) is 7.16. The van der Waals surface area contributed by atoms with Crippen LogP contribution in [0, 0.1) is 0 Å². The van der Waals surface area contributed by atoms with E-state index in [9.17, 15) is 4.79 Å². The van der Waals surface area contributed by atoms with Gasteiger partial charge in [0.05, 0.1) is 29.4 Å². The zero-order chi connectivity index (χ0) is 18.8. The van der Waals surface area contributed by atoms with E-state index in [0.717, 1.165) is 38.5 Å². The molecule has 138 valence electrons. The molecule has 9 nitrogen and oxygen atoms in total. The third-order valence-electron chi connectivity index (χ3n) is 4.22. The van der Waals surface area contributed by atoms with E-state index < -0.39 is 0 Å². The zero-order valence-electron chi connectivity index (χ0n) is 14.9. The molecule has 0 amide bonds. The van der Waals surface area contributed by atoms with Crippen molar-refractivity contribution in [2.24, 2.45) is 12.1 Å². The summed E-state index contributed by atoms with van der Waals surface area (Å²) in [5.41, 5.74) is 4.17. The number of nitrogens with one attached hydrogen (secondary N) is 2. The lowest BCUT2D eigenvalue weighted by atomic mass is 10.3. The number of thiazole rings is 1. The Bertz CT molecular complexity index is 1070. The maximum Gasteiger partial charge on any atom is 0.167 e. The van der Waals surface area contributed by atoms with Crippen molar-refractivity contribution < 1.29 is 4.79 Å². The van der Waals surface area contributed by atoms with Crippen LogP contribution in [0.15, 0.2) is 29.8 Å². The number of fused-ring (bicyclic) bond motifs is 1. The Balaban J connectivity index is 1.64. The topological polar surface area (TPSA) is 108 Å². The van der Waals surface area contributed by atoms with E-state index >= 15 is 0 Å². The van der Waals surface area contributed by atoms with Crippen LogP contribution in [0.2, 0.25) is 0 Å². The number of hydrogen-bond acceptors (Lipinski definition) is 7. The molecule has 0 atom stereocenters. The summed E-state index contributed by atoms with van der Waals surface area (Å²) in [5, 5.41) is 20.9. The normalized spacial score (nSPS) is 11.6. The van der Waals surface area contributed by atoms with E-state index in [4.69, 9.17) is 4.98 Å². The number of aldehydes is 1. The van der Waals surface area contributed by atoms with Crippen molar-refractivity contribution in [1.82, 2.24) is 35.0 Å². The molecule has 0 aliphatic heterocycles. The molecule has 0 saturated heterocycles. The van der Waals surface area contributed by atoms with Gasteiger partial charge in [0.2, 0.25) is 0 Å². The van der Waals surface area contributed by atoms with Crippen LogP contribution in [0.1, 0.15) is 32.3 Å². The van der Waals surface area contributed by atoms with Crippen LogP contribution < -0.4 is 0 Å². The molecule has 4 rings (SSSR count). The van der Waals surface area contributed by atoms with E-state index in [1.165, 1.54) is 0 Å². The molecule has 0 aromatic carbocycles. The van der Waals surface area contributed by atoms with E-state index in [1.807, 2.05) is 30.9 Å². The van der Waals surface area contributed by atoms with Crippen LogP contribution in [0.3, 0.4) is 0 Å². The fraction of sp³-hybridized carbons (Fsp3) is 0.235. The van der Waals surface area contributed by atoms with Gasteiger partial charge in [0.25, 0.3) is 0 Å². The Labute approximate surface area is 158 Å². The number of aromatic nitrogens is 6. The largest absolute Gasteiger partial charge is 0.325 e. The van der Waals surface area contributed by atoms with Gasteiger partial charge in [-0.3, -0.25) is 20.0 Å². The third kappa shape index (κ3) is 3.38. The Morgan fingerprint density at radius 2 is 2.30 bits per heavy atom.